The summed E-state index contributed by atoms with van der Waals surface area (Å²) in [5.41, 5.74) is 0.128. The average molecular weight is 689 g/mol. The summed E-state index contributed by atoms with van der Waals surface area (Å²) in [5.74, 6) is -0.123. The lowest BCUT2D eigenvalue weighted by Crippen LogP contribution is -2.42. The van der Waals surface area contributed by atoms with Gasteiger partial charge in [0.2, 0.25) is 11.8 Å². The van der Waals surface area contributed by atoms with Gasteiger partial charge in [-0.3, -0.25) is 14.4 Å². The molecule has 13 heteroatoms. The molecule has 0 aliphatic carbocycles. The van der Waals surface area contributed by atoms with Crippen LogP contribution in [0.15, 0.2) is 24.3 Å². The number of carbonyl (C=O) groups is 5. The van der Waals surface area contributed by atoms with Gasteiger partial charge in [-0.05, 0) is 109 Å². The first-order valence-corrected chi connectivity index (χ1v) is 17.6. The van der Waals surface area contributed by atoms with E-state index >= 15 is 0 Å². The van der Waals surface area contributed by atoms with E-state index in [0.717, 1.165) is 38.5 Å². The number of rotatable bonds is 15. The van der Waals surface area contributed by atoms with Crippen molar-refractivity contribution in [1.29, 1.82) is 0 Å². The van der Waals surface area contributed by atoms with E-state index in [1.54, 1.807) is 36.1 Å². The first kappa shape index (κ1) is 39.4. The molecule has 2 saturated heterocycles. The minimum Gasteiger partial charge on any atom is -0.497 e. The molecule has 13 nitrogen and oxygen atoms in total. The van der Waals surface area contributed by atoms with Crippen LogP contribution in [0.25, 0.3) is 0 Å². The average Bonchev–Trinajstić information content (AvgIpc) is 3.06. The maximum Gasteiger partial charge on any atom is 0.410 e. The Kier molecular flexibility index (Phi) is 15.5. The molecule has 2 unspecified atom stereocenters. The lowest BCUT2D eigenvalue weighted by molar-refractivity contribution is -0.144. The van der Waals surface area contributed by atoms with Gasteiger partial charge in [0.25, 0.3) is 0 Å². The third-order valence-corrected chi connectivity index (χ3v) is 9.30. The Morgan fingerprint density at radius 1 is 0.939 bits per heavy atom. The Balaban J connectivity index is 1.59. The topological polar surface area (TPSA) is 164 Å². The number of nitrogens with zero attached hydrogens (tertiary/aromatic N) is 2. The molecule has 0 bridgehead atoms. The van der Waals surface area contributed by atoms with E-state index in [-0.39, 0.29) is 37.5 Å². The van der Waals surface area contributed by atoms with Crippen molar-refractivity contribution in [2.24, 2.45) is 17.8 Å². The van der Waals surface area contributed by atoms with Crippen molar-refractivity contribution in [1.82, 2.24) is 20.4 Å². The molecule has 1 aromatic carbocycles. The van der Waals surface area contributed by atoms with Gasteiger partial charge in [0, 0.05) is 32.1 Å². The lowest BCUT2D eigenvalue weighted by atomic mass is 9.84. The number of piperidine rings is 2. The summed E-state index contributed by atoms with van der Waals surface area (Å²) in [5, 5.41) is 15.0. The molecule has 0 spiro atoms. The fourth-order valence-corrected chi connectivity index (χ4v) is 6.48. The molecule has 2 aliphatic rings. The van der Waals surface area contributed by atoms with E-state index in [0.29, 0.717) is 62.2 Å². The van der Waals surface area contributed by atoms with Gasteiger partial charge < -0.3 is 39.8 Å². The molecule has 274 valence electrons. The smallest absolute Gasteiger partial charge is 0.410 e. The molecule has 2 fully saturated rings. The molecule has 0 aromatic heterocycles. The molecule has 3 N–H and O–H groups in total. The van der Waals surface area contributed by atoms with Crippen molar-refractivity contribution in [2.75, 3.05) is 46.4 Å². The molecular weight excluding hydrogens is 632 g/mol. The SMILES string of the molecule is CCOC(=O)CC(NC(=O)CNC(=O)C(CCC1CCN(C(=O)O)CC1)CCC1CCN(C(=O)OC(C)(C)C)CC1)c1cccc(OC)c1. The Bertz CT molecular complexity index is 1250. The zero-order valence-electron chi connectivity index (χ0n) is 29.8. The van der Waals surface area contributed by atoms with E-state index < -0.39 is 29.6 Å². The Morgan fingerprint density at radius 3 is 2.06 bits per heavy atom. The van der Waals surface area contributed by atoms with E-state index in [4.69, 9.17) is 14.2 Å². The Hall–Kier alpha value is -4.03. The second-order valence-electron chi connectivity index (χ2n) is 14.1. The van der Waals surface area contributed by atoms with Crippen LogP contribution < -0.4 is 15.4 Å². The highest BCUT2D eigenvalue weighted by Gasteiger charge is 2.30. The summed E-state index contributed by atoms with van der Waals surface area (Å²) in [4.78, 5) is 66.1. The zero-order valence-corrected chi connectivity index (χ0v) is 29.8. The van der Waals surface area contributed by atoms with E-state index in [1.807, 2.05) is 20.8 Å². The number of amides is 4. The molecule has 3 rings (SSSR count). The van der Waals surface area contributed by atoms with Gasteiger partial charge in [-0.2, -0.15) is 0 Å². The third-order valence-electron chi connectivity index (χ3n) is 9.30. The number of carbonyl (C=O) groups excluding carboxylic acids is 4. The maximum absolute atomic E-state index is 13.6. The number of nitrogens with one attached hydrogen (secondary N) is 2. The van der Waals surface area contributed by atoms with Crippen LogP contribution in [0.4, 0.5) is 9.59 Å². The quantitative estimate of drug-likeness (QED) is 0.212. The van der Waals surface area contributed by atoms with Gasteiger partial charge in [-0.15, -0.1) is 0 Å². The molecule has 2 atom stereocenters. The van der Waals surface area contributed by atoms with Crippen molar-refractivity contribution in [3.05, 3.63) is 29.8 Å². The highest BCUT2D eigenvalue weighted by Crippen LogP contribution is 2.30. The molecule has 2 aliphatic heterocycles. The van der Waals surface area contributed by atoms with Gasteiger partial charge in [-0.1, -0.05) is 12.1 Å². The normalized spacial score (nSPS) is 17.1. The van der Waals surface area contributed by atoms with Crippen LogP contribution >= 0.6 is 0 Å². The van der Waals surface area contributed by atoms with Crippen LogP contribution in [-0.4, -0.2) is 96.9 Å². The summed E-state index contributed by atoms with van der Waals surface area (Å²) < 4.78 is 16.0. The van der Waals surface area contributed by atoms with E-state index in [9.17, 15) is 29.1 Å². The number of esters is 1. The van der Waals surface area contributed by atoms with Crippen LogP contribution in [0.3, 0.4) is 0 Å². The summed E-state index contributed by atoms with van der Waals surface area (Å²) in [6.45, 7) is 9.45. The van der Waals surface area contributed by atoms with Crippen molar-refractivity contribution >= 4 is 30.0 Å². The predicted octanol–water partition coefficient (Wildman–Crippen LogP) is 5.14. The number of ether oxygens (including phenoxy) is 3. The summed E-state index contributed by atoms with van der Waals surface area (Å²) in [6.07, 6.45) is 4.81. The van der Waals surface area contributed by atoms with Crippen molar-refractivity contribution in [2.45, 2.75) is 97.1 Å². The predicted molar refractivity (Wildman–Crippen MR) is 183 cm³/mol. The minimum atomic E-state index is -0.900. The number of carboxylic acid groups (broad SMARTS) is 1. The van der Waals surface area contributed by atoms with Crippen molar-refractivity contribution in [3.63, 3.8) is 0 Å². The monoisotopic (exact) mass is 688 g/mol. The number of benzene rings is 1. The second kappa shape index (κ2) is 19.2. The van der Waals surface area contributed by atoms with Crippen molar-refractivity contribution in [3.8, 4) is 5.75 Å². The highest BCUT2D eigenvalue weighted by molar-refractivity contribution is 5.86. The molecule has 1 aromatic rings. The Morgan fingerprint density at radius 2 is 1.53 bits per heavy atom. The zero-order chi connectivity index (χ0) is 36.0. The first-order valence-electron chi connectivity index (χ1n) is 17.6. The molecular formula is C36H56N4O9. The van der Waals surface area contributed by atoms with Crippen molar-refractivity contribution < 1.29 is 43.3 Å². The first-order chi connectivity index (χ1) is 23.3. The number of hydrogen-bond donors (Lipinski definition) is 3. The van der Waals surface area contributed by atoms with Crippen LogP contribution in [-0.2, 0) is 23.9 Å². The standard InChI is InChI=1S/C36H56N4O9/c1-6-48-32(42)23-30(28-8-7-9-29(22-28)47-5)38-31(41)24-37-33(43)27(12-10-25-14-18-39(19-15-25)34(44)45)13-11-26-16-20-40(21-17-26)35(46)49-36(2,3)4/h7-9,22,25-27,30H,6,10-21,23-24H2,1-5H3,(H,37,43)(H,38,41)(H,44,45). The summed E-state index contributed by atoms with van der Waals surface area (Å²) >= 11 is 0. The fourth-order valence-electron chi connectivity index (χ4n) is 6.48. The van der Waals surface area contributed by atoms with Gasteiger partial charge in [-0.25, -0.2) is 9.59 Å². The van der Waals surface area contributed by atoms with Crippen LogP contribution in [0.5, 0.6) is 5.75 Å². The fraction of sp³-hybridized carbons (Fsp3) is 0.694. The molecule has 4 amide bonds. The minimum absolute atomic E-state index is 0.0727. The lowest BCUT2D eigenvalue weighted by Gasteiger charge is -2.34. The van der Waals surface area contributed by atoms with Crippen LogP contribution in [0, 0.1) is 17.8 Å². The largest absolute Gasteiger partial charge is 0.497 e. The number of methoxy groups -OCH3 is 1. The van der Waals surface area contributed by atoms with Crippen LogP contribution in [0.1, 0.15) is 97.1 Å². The highest BCUT2D eigenvalue weighted by atomic mass is 16.6. The van der Waals surface area contributed by atoms with Crippen LogP contribution in [0.2, 0.25) is 0 Å². The third kappa shape index (κ3) is 13.8. The maximum atomic E-state index is 13.6. The Labute approximate surface area is 290 Å². The van der Waals surface area contributed by atoms with E-state index in [2.05, 4.69) is 10.6 Å². The summed E-state index contributed by atoms with van der Waals surface area (Å²) in [7, 11) is 1.54. The molecule has 2 heterocycles. The molecule has 0 saturated carbocycles. The second-order valence-corrected chi connectivity index (χ2v) is 14.1. The van der Waals surface area contributed by atoms with E-state index in [1.165, 1.54) is 12.0 Å². The summed E-state index contributed by atoms with van der Waals surface area (Å²) in [6, 6.07) is 6.42. The van der Waals surface area contributed by atoms with Gasteiger partial charge in [0.1, 0.15) is 11.4 Å². The molecule has 0 radical (unpaired) electrons. The van der Waals surface area contributed by atoms with Gasteiger partial charge in [0.15, 0.2) is 0 Å². The number of likely N-dealkylation sites (tertiary alicyclic amines) is 2. The van der Waals surface area contributed by atoms with Gasteiger partial charge in [0.05, 0.1) is 32.7 Å². The molecule has 49 heavy (non-hydrogen) atoms. The number of hydrogen-bond acceptors (Lipinski definition) is 8. The van der Waals surface area contributed by atoms with Gasteiger partial charge >= 0.3 is 18.2 Å².